The van der Waals surface area contributed by atoms with E-state index in [4.69, 9.17) is 5.11 Å². The Morgan fingerprint density at radius 2 is 1.68 bits per heavy atom. The molecule has 1 aliphatic heterocycles. The molecule has 0 aromatic rings. The fourth-order valence-corrected chi connectivity index (χ4v) is 2.69. The summed E-state index contributed by atoms with van der Waals surface area (Å²) in [6, 6.07) is -0.543. The lowest BCUT2D eigenvalue weighted by Crippen LogP contribution is -2.46. The average molecular weight is 268 g/mol. The van der Waals surface area contributed by atoms with Gasteiger partial charge in [0, 0.05) is 13.1 Å². The SMILES string of the molecule is O=C(O)C(NCC(=O)N1CCCCCCC1)C1CC1. The molecule has 0 radical (unpaired) electrons. The molecule has 1 amide bonds. The molecule has 2 fully saturated rings. The van der Waals surface area contributed by atoms with Gasteiger partial charge in [0.15, 0.2) is 0 Å². The van der Waals surface area contributed by atoms with Crippen LogP contribution in [0.15, 0.2) is 0 Å². The number of nitrogens with one attached hydrogen (secondary N) is 1. The van der Waals surface area contributed by atoms with Crippen molar-refractivity contribution in [2.45, 2.75) is 51.0 Å². The minimum atomic E-state index is -0.831. The second-order valence-electron chi connectivity index (χ2n) is 5.68. The summed E-state index contributed by atoms with van der Waals surface area (Å²) in [6.45, 7) is 1.80. The van der Waals surface area contributed by atoms with E-state index in [1.807, 2.05) is 4.90 Å². The second kappa shape index (κ2) is 6.89. The molecule has 5 nitrogen and oxygen atoms in total. The fraction of sp³-hybridized carbons (Fsp3) is 0.857. The van der Waals surface area contributed by atoms with Gasteiger partial charge in [0.05, 0.1) is 6.54 Å². The molecule has 2 aliphatic rings. The van der Waals surface area contributed by atoms with Crippen LogP contribution in [0.1, 0.15) is 44.9 Å². The van der Waals surface area contributed by atoms with Crippen LogP contribution in [-0.4, -0.2) is 47.6 Å². The number of carbonyl (C=O) groups is 2. The van der Waals surface area contributed by atoms with Crippen molar-refractivity contribution in [2.75, 3.05) is 19.6 Å². The molecule has 1 heterocycles. The third-order valence-corrected chi connectivity index (χ3v) is 4.04. The van der Waals surface area contributed by atoms with Gasteiger partial charge in [0.2, 0.25) is 5.91 Å². The third kappa shape index (κ3) is 4.49. The molecule has 0 aromatic heterocycles. The van der Waals surface area contributed by atoms with Crippen LogP contribution >= 0.6 is 0 Å². The Labute approximate surface area is 114 Å². The van der Waals surface area contributed by atoms with E-state index in [2.05, 4.69) is 5.32 Å². The summed E-state index contributed by atoms with van der Waals surface area (Å²) in [6.07, 6.45) is 7.70. The molecule has 0 spiro atoms. The Bertz CT molecular complexity index is 321. The molecule has 2 N–H and O–H groups in total. The highest BCUT2D eigenvalue weighted by atomic mass is 16.4. The summed E-state index contributed by atoms with van der Waals surface area (Å²) in [5.74, 6) is -0.561. The summed E-state index contributed by atoms with van der Waals surface area (Å²) in [4.78, 5) is 25.1. The van der Waals surface area contributed by atoms with Crippen molar-refractivity contribution in [2.24, 2.45) is 5.92 Å². The number of rotatable bonds is 5. The fourth-order valence-electron chi connectivity index (χ4n) is 2.69. The van der Waals surface area contributed by atoms with E-state index < -0.39 is 12.0 Å². The van der Waals surface area contributed by atoms with Crippen molar-refractivity contribution in [1.29, 1.82) is 0 Å². The minimum absolute atomic E-state index is 0.0498. The zero-order chi connectivity index (χ0) is 13.7. The molecule has 2 rings (SSSR count). The van der Waals surface area contributed by atoms with Crippen molar-refractivity contribution in [3.05, 3.63) is 0 Å². The Hall–Kier alpha value is -1.10. The lowest BCUT2D eigenvalue weighted by Gasteiger charge is -2.25. The van der Waals surface area contributed by atoms with Crippen molar-refractivity contribution >= 4 is 11.9 Å². The van der Waals surface area contributed by atoms with Gasteiger partial charge in [0.25, 0.3) is 0 Å². The summed E-state index contributed by atoms with van der Waals surface area (Å²) in [5.41, 5.74) is 0. The molecule has 108 valence electrons. The molecule has 19 heavy (non-hydrogen) atoms. The van der Waals surface area contributed by atoms with Gasteiger partial charge >= 0.3 is 5.97 Å². The first-order valence-electron chi connectivity index (χ1n) is 7.42. The van der Waals surface area contributed by atoms with Crippen molar-refractivity contribution in [3.63, 3.8) is 0 Å². The van der Waals surface area contributed by atoms with E-state index >= 15 is 0 Å². The average Bonchev–Trinajstić information content (AvgIpc) is 3.12. The first kappa shape index (κ1) is 14.3. The van der Waals surface area contributed by atoms with Crippen molar-refractivity contribution in [3.8, 4) is 0 Å². The number of carboxylic acid groups (broad SMARTS) is 1. The van der Waals surface area contributed by atoms with Gasteiger partial charge in [-0.3, -0.25) is 14.9 Å². The number of aliphatic carboxylic acids is 1. The zero-order valence-electron chi connectivity index (χ0n) is 11.4. The predicted molar refractivity (Wildman–Crippen MR) is 71.8 cm³/mol. The monoisotopic (exact) mass is 268 g/mol. The Kier molecular flexibility index (Phi) is 5.19. The van der Waals surface area contributed by atoms with Crippen LogP contribution < -0.4 is 5.32 Å². The number of amides is 1. The number of nitrogens with zero attached hydrogens (tertiary/aromatic N) is 1. The molecule has 1 atom stereocenters. The van der Waals surface area contributed by atoms with Gasteiger partial charge in [-0.05, 0) is 31.6 Å². The highest BCUT2D eigenvalue weighted by Crippen LogP contribution is 2.32. The van der Waals surface area contributed by atoms with Crippen LogP contribution in [0.4, 0.5) is 0 Å². The number of carbonyl (C=O) groups excluding carboxylic acids is 1. The van der Waals surface area contributed by atoms with Gasteiger partial charge in [0.1, 0.15) is 6.04 Å². The van der Waals surface area contributed by atoms with Gasteiger partial charge < -0.3 is 10.0 Å². The van der Waals surface area contributed by atoms with E-state index in [0.717, 1.165) is 38.8 Å². The van der Waals surface area contributed by atoms with E-state index in [1.54, 1.807) is 0 Å². The summed E-state index contributed by atoms with van der Waals surface area (Å²) in [7, 11) is 0. The Balaban J connectivity index is 1.76. The summed E-state index contributed by atoms with van der Waals surface area (Å²) in [5, 5.41) is 12.0. The van der Waals surface area contributed by atoms with Crippen LogP contribution in [0.2, 0.25) is 0 Å². The third-order valence-electron chi connectivity index (χ3n) is 4.04. The van der Waals surface area contributed by atoms with E-state index in [9.17, 15) is 9.59 Å². The van der Waals surface area contributed by atoms with Crippen LogP contribution in [0.25, 0.3) is 0 Å². The van der Waals surface area contributed by atoms with Crippen LogP contribution in [0.3, 0.4) is 0 Å². The number of likely N-dealkylation sites (tertiary alicyclic amines) is 1. The van der Waals surface area contributed by atoms with Gasteiger partial charge in [-0.15, -0.1) is 0 Å². The van der Waals surface area contributed by atoms with Crippen molar-refractivity contribution < 1.29 is 14.7 Å². The largest absolute Gasteiger partial charge is 0.480 e. The Morgan fingerprint density at radius 1 is 1.11 bits per heavy atom. The minimum Gasteiger partial charge on any atom is -0.480 e. The molecule has 0 aromatic carbocycles. The Morgan fingerprint density at radius 3 is 2.21 bits per heavy atom. The topological polar surface area (TPSA) is 69.6 Å². The highest BCUT2D eigenvalue weighted by molar-refractivity contribution is 5.80. The highest BCUT2D eigenvalue weighted by Gasteiger charge is 2.36. The first-order valence-corrected chi connectivity index (χ1v) is 7.42. The lowest BCUT2D eigenvalue weighted by atomic mass is 10.1. The smallest absolute Gasteiger partial charge is 0.320 e. The quantitative estimate of drug-likeness (QED) is 0.787. The summed E-state index contributed by atoms with van der Waals surface area (Å²) < 4.78 is 0. The van der Waals surface area contributed by atoms with Gasteiger partial charge in [-0.1, -0.05) is 19.3 Å². The maximum Gasteiger partial charge on any atom is 0.320 e. The van der Waals surface area contributed by atoms with Gasteiger partial charge in [-0.25, -0.2) is 0 Å². The molecule has 1 saturated heterocycles. The number of carboxylic acids is 1. The van der Waals surface area contributed by atoms with Crippen LogP contribution in [0, 0.1) is 5.92 Å². The molecule has 1 aliphatic carbocycles. The van der Waals surface area contributed by atoms with Crippen LogP contribution in [0.5, 0.6) is 0 Å². The first-order chi connectivity index (χ1) is 9.18. The number of hydrogen-bond donors (Lipinski definition) is 2. The standard InChI is InChI=1S/C14H24N2O3/c17-12(16-8-4-2-1-3-5-9-16)10-15-13(14(18)19)11-6-7-11/h11,13,15H,1-10H2,(H,18,19). The van der Waals surface area contributed by atoms with E-state index in [1.165, 1.54) is 19.3 Å². The molecule has 5 heteroatoms. The van der Waals surface area contributed by atoms with E-state index in [-0.39, 0.29) is 18.4 Å². The lowest BCUT2D eigenvalue weighted by molar-refractivity contribution is -0.140. The molecule has 0 bridgehead atoms. The van der Waals surface area contributed by atoms with Crippen molar-refractivity contribution in [1.82, 2.24) is 10.2 Å². The van der Waals surface area contributed by atoms with E-state index in [0.29, 0.717) is 0 Å². The molecular weight excluding hydrogens is 244 g/mol. The second-order valence-corrected chi connectivity index (χ2v) is 5.68. The normalized spacial score (nSPS) is 22.4. The maximum absolute atomic E-state index is 12.1. The zero-order valence-corrected chi connectivity index (χ0v) is 11.4. The van der Waals surface area contributed by atoms with Crippen LogP contribution in [-0.2, 0) is 9.59 Å². The van der Waals surface area contributed by atoms with Gasteiger partial charge in [-0.2, -0.15) is 0 Å². The maximum atomic E-state index is 12.1. The molecular formula is C14H24N2O3. The molecule has 1 unspecified atom stereocenters. The predicted octanol–water partition coefficient (Wildman–Crippen LogP) is 1.23. The summed E-state index contributed by atoms with van der Waals surface area (Å²) >= 11 is 0. The molecule has 1 saturated carbocycles. The number of hydrogen-bond acceptors (Lipinski definition) is 3.